The van der Waals surface area contributed by atoms with E-state index in [-0.39, 0.29) is 4.90 Å². The molecule has 0 saturated heterocycles. The third-order valence-electron chi connectivity index (χ3n) is 3.39. The summed E-state index contributed by atoms with van der Waals surface area (Å²) in [7, 11) is -4.05. The summed E-state index contributed by atoms with van der Waals surface area (Å²) in [5.74, 6) is -0.643. The van der Waals surface area contributed by atoms with Gasteiger partial charge in [-0.15, -0.1) is 0 Å². The van der Waals surface area contributed by atoms with Gasteiger partial charge in [-0.3, -0.25) is 4.79 Å². The van der Waals surface area contributed by atoms with Gasteiger partial charge in [0, 0.05) is 5.02 Å². The van der Waals surface area contributed by atoms with Crippen molar-refractivity contribution in [3.63, 3.8) is 0 Å². The van der Waals surface area contributed by atoms with Gasteiger partial charge in [0.05, 0.1) is 4.90 Å². The first kappa shape index (κ1) is 20.7. The van der Waals surface area contributed by atoms with E-state index in [2.05, 4.69) is 16.6 Å². The molecule has 0 aliphatic heterocycles. The molecule has 0 saturated carbocycles. The van der Waals surface area contributed by atoms with E-state index in [1.807, 2.05) is 0 Å². The Labute approximate surface area is 167 Å². The van der Waals surface area contributed by atoms with Crippen LogP contribution in [0.2, 0.25) is 5.02 Å². The Kier molecular flexibility index (Phi) is 6.71. The number of hydrogen-bond donors (Lipinski definition) is 2. The number of amides is 1. The second kappa shape index (κ2) is 8.41. The molecule has 2 aromatic carbocycles. The summed E-state index contributed by atoms with van der Waals surface area (Å²) in [6, 6.07) is 13.9. The Morgan fingerprint density at radius 1 is 1.08 bits per heavy atom. The average molecular weight is 434 g/mol. The van der Waals surface area contributed by atoms with Crippen LogP contribution >= 0.6 is 34.8 Å². The number of benzene rings is 2. The number of carbonyl (C=O) groups excluding carboxylic acids is 1. The normalized spacial score (nSPS) is 13.0. The van der Waals surface area contributed by atoms with Gasteiger partial charge in [0.2, 0.25) is 15.9 Å². The predicted molar refractivity (Wildman–Crippen MR) is 104 cm³/mol. The van der Waals surface area contributed by atoms with Crippen molar-refractivity contribution in [2.45, 2.75) is 15.4 Å². The second-order valence-electron chi connectivity index (χ2n) is 5.21. The summed E-state index contributed by atoms with van der Waals surface area (Å²) in [5.41, 5.74) is 0.400. The SMILES string of the molecule is C=CC(=O)NC(NS(=O)(=O)c1ccc(Cl)cc1)C(Cl)(Cl)c1ccccc1. The van der Waals surface area contributed by atoms with Crippen LogP contribution in [-0.4, -0.2) is 20.5 Å². The molecule has 0 aliphatic carbocycles. The number of sulfonamides is 1. The zero-order chi connectivity index (χ0) is 19.4. The van der Waals surface area contributed by atoms with Gasteiger partial charge in [-0.25, -0.2) is 8.42 Å². The molecule has 5 nitrogen and oxygen atoms in total. The Morgan fingerprint density at radius 2 is 1.65 bits per heavy atom. The number of nitrogens with one attached hydrogen (secondary N) is 2. The average Bonchev–Trinajstić information content (AvgIpc) is 2.62. The molecule has 0 radical (unpaired) electrons. The summed E-state index contributed by atoms with van der Waals surface area (Å²) in [5, 5.41) is 2.79. The van der Waals surface area contributed by atoms with Gasteiger partial charge in [0.1, 0.15) is 6.17 Å². The Hall–Kier alpha value is -1.57. The topological polar surface area (TPSA) is 75.3 Å². The standard InChI is InChI=1S/C17H15Cl3N2O3S/c1-2-15(23)21-16(17(19,20)12-6-4-3-5-7-12)22-26(24,25)14-10-8-13(18)9-11-14/h2-11,16,22H,1H2,(H,21,23). The zero-order valence-corrected chi connectivity index (χ0v) is 16.4. The molecule has 2 rings (SSSR count). The highest BCUT2D eigenvalue weighted by molar-refractivity contribution is 7.89. The van der Waals surface area contributed by atoms with Gasteiger partial charge in [0.25, 0.3) is 0 Å². The van der Waals surface area contributed by atoms with Gasteiger partial charge < -0.3 is 5.32 Å². The van der Waals surface area contributed by atoms with Gasteiger partial charge in [-0.05, 0) is 35.9 Å². The minimum atomic E-state index is -4.05. The maximum absolute atomic E-state index is 12.7. The van der Waals surface area contributed by atoms with Crippen LogP contribution < -0.4 is 10.0 Å². The molecule has 1 atom stereocenters. The minimum Gasteiger partial charge on any atom is -0.333 e. The second-order valence-corrected chi connectivity index (χ2v) is 8.75. The molecule has 26 heavy (non-hydrogen) atoms. The summed E-state index contributed by atoms with van der Waals surface area (Å²) in [6.45, 7) is 3.34. The van der Waals surface area contributed by atoms with E-state index < -0.39 is 26.4 Å². The number of carbonyl (C=O) groups is 1. The molecule has 2 N–H and O–H groups in total. The van der Waals surface area contributed by atoms with Crippen molar-refractivity contribution < 1.29 is 13.2 Å². The lowest BCUT2D eigenvalue weighted by Gasteiger charge is -2.31. The smallest absolute Gasteiger partial charge is 0.244 e. The molecule has 0 bridgehead atoms. The van der Waals surface area contributed by atoms with Crippen LogP contribution in [0.25, 0.3) is 0 Å². The fraction of sp³-hybridized carbons (Fsp3) is 0.118. The Bertz CT molecular complexity index is 885. The molecule has 138 valence electrons. The largest absolute Gasteiger partial charge is 0.333 e. The van der Waals surface area contributed by atoms with Gasteiger partial charge in [0.15, 0.2) is 4.33 Å². The molecule has 2 aromatic rings. The summed E-state index contributed by atoms with van der Waals surface area (Å²) >= 11 is 18.6. The van der Waals surface area contributed by atoms with Crippen molar-refractivity contribution in [2.24, 2.45) is 0 Å². The lowest BCUT2D eigenvalue weighted by atomic mass is 10.1. The van der Waals surface area contributed by atoms with Crippen molar-refractivity contribution in [3.8, 4) is 0 Å². The highest BCUT2D eigenvalue weighted by Crippen LogP contribution is 2.37. The summed E-state index contributed by atoms with van der Waals surface area (Å²) < 4.78 is 25.8. The molecule has 0 aromatic heterocycles. The molecular weight excluding hydrogens is 419 g/mol. The number of halogens is 3. The van der Waals surface area contributed by atoms with Crippen molar-refractivity contribution in [1.29, 1.82) is 0 Å². The van der Waals surface area contributed by atoms with E-state index in [0.29, 0.717) is 10.6 Å². The van der Waals surface area contributed by atoms with Crippen LogP contribution in [0.1, 0.15) is 5.56 Å². The first-order chi connectivity index (χ1) is 12.2. The maximum Gasteiger partial charge on any atom is 0.244 e. The molecule has 0 fully saturated rings. The number of rotatable bonds is 7. The predicted octanol–water partition coefficient (Wildman–Crippen LogP) is 3.58. The third kappa shape index (κ3) is 4.99. The fourth-order valence-corrected chi connectivity index (χ4v) is 3.96. The fourth-order valence-electron chi connectivity index (χ4n) is 2.06. The molecule has 0 aliphatic rings. The highest BCUT2D eigenvalue weighted by atomic mass is 35.5. The first-order valence-corrected chi connectivity index (χ1v) is 9.92. The molecular formula is C17H15Cl3N2O3S. The third-order valence-corrected chi connectivity index (χ3v) is 5.95. The maximum atomic E-state index is 12.7. The van der Waals surface area contributed by atoms with Crippen LogP contribution in [0.3, 0.4) is 0 Å². The van der Waals surface area contributed by atoms with E-state index >= 15 is 0 Å². The van der Waals surface area contributed by atoms with Crippen molar-refractivity contribution in [3.05, 3.63) is 77.8 Å². The van der Waals surface area contributed by atoms with E-state index in [4.69, 9.17) is 34.8 Å². The van der Waals surface area contributed by atoms with E-state index in [9.17, 15) is 13.2 Å². The van der Waals surface area contributed by atoms with Crippen molar-refractivity contribution in [2.75, 3.05) is 0 Å². The zero-order valence-electron chi connectivity index (χ0n) is 13.3. The van der Waals surface area contributed by atoms with E-state index in [0.717, 1.165) is 6.08 Å². The van der Waals surface area contributed by atoms with Crippen molar-refractivity contribution in [1.82, 2.24) is 10.0 Å². The minimum absolute atomic E-state index is 0.0584. The first-order valence-electron chi connectivity index (χ1n) is 7.31. The summed E-state index contributed by atoms with van der Waals surface area (Å²) in [4.78, 5) is 11.7. The van der Waals surface area contributed by atoms with E-state index in [1.54, 1.807) is 30.3 Å². The Morgan fingerprint density at radius 3 is 2.19 bits per heavy atom. The van der Waals surface area contributed by atoms with E-state index in [1.165, 1.54) is 24.3 Å². The van der Waals surface area contributed by atoms with Gasteiger partial charge in [-0.2, -0.15) is 4.72 Å². The molecule has 1 amide bonds. The molecule has 0 spiro atoms. The Balaban J connectivity index is 2.40. The molecule has 1 unspecified atom stereocenters. The highest BCUT2D eigenvalue weighted by Gasteiger charge is 2.40. The lowest BCUT2D eigenvalue weighted by Crippen LogP contribution is -2.55. The van der Waals surface area contributed by atoms with Crippen LogP contribution in [-0.2, 0) is 19.2 Å². The summed E-state index contributed by atoms with van der Waals surface area (Å²) in [6.07, 6.45) is -0.377. The molecule has 9 heteroatoms. The number of hydrogen-bond acceptors (Lipinski definition) is 3. The van der Waals surface area contributed by atoms with Gasteiger partial charge in [-0.1, -0.05) is 71.7 Å². The lowest BCUT2D eigenvalue weighted by molar-refractivity contribution is -0.117. The van der Waals surface area contributed by atoms with Crippen LogP contribution in [0.15, 0.2) is 72.1 Å². The van der Waals surface area contributed by atoms with Crippen LogP contribution in [0.5, 0.6) is 0 Å². The number of alkyl halides is 2. The van der Waals surface area contributed by atoms with Crippen LogP contribution in [0.4, 0.5) is 0 Å². The molecule has 0 heterocycles. The quantitative estimate of drug-likeness (QED) is 0.398. The monoisotopic (exact) mass is 432 g/mol. The van der Waals surface area contributed by atoms with Crippen LogP contribution in [0, 0.1) is 0 Å². The van der Waals surface area contributed by atoms with Crippen molar-refractivity contribution >= 4 is 50.7 Å². The van der Waals surface area contributed by atoms with Gasteiger partial charge >= 0.3 is 0 Å².